The van der Waals surface area contributed by atoms with Gasteiger partial charge in [0.1, 0.15) is 16.9 Å². The minimum atomic E-state index is -0.0440. The molecule has 0 aliphatic heterocycles. The van der Waals surface area contributed by atoms with Crippen LogP contribution in [0, 0.1) is 6.92 Å². The number of anilines is 2. The Balaban J connectivity index is 1.70. The lowest BCUT2D eigenvalue weighted by Crippen LogP contribution is -2.27. The van der Waals surface area contributed by atoms with Crippen LogP contribution in [-0.4, -0.2) is 40.8 Å². The number of aromatic nitrogens is 6. The molecule has 1 saturated carbocycles. The fraction of sp³-hybridized carbons (Fsp3) is 0.400. The molecule has 0 atom stereocenters. The molecule has 0 saturated heterocycles. The first kappa shape index (κ1) is 17.7. The zero-order valence-electron chi connectivity index (χ0n) is 17.0. The highest BCUT2D eigenvalue weighted by Crippen LogP contribution is 2.32. The van der Waals surface area contributed by atoms with Gasteiger partial charge in [0.05, 0.1) is 11.8 Å². The van der Waals surface area contributed by atoms with Gasteiger partial charge in [0.25, 0.3) is 5.91 Å². The van der Waals surface area contributed by atoms with E-state index in [0.29, 0.717) is 29.9 Å². The van der Waals surface area contributed by atoms with Crippen molar-refractivity contribution in [1.29, 1.82) is 0 Å². The predicted molar refractivity (Wildman–Crippen MR) is 111 cm³/mol. The van der Waals surface area contributed by atoms with Crippen molar-refractivity contribution in [1.82, 2.24) is 34.2 Å². The molecule has 0 aromatic carbocycles. The quantitative estimate of drug-likeness (QED) is 0.544. The maximum atomic E-state index is 12.8. The normalized spacial score (nSPS) is 14.1. The standard InChI is InChI=1S/C20H24N8O/c1-5-28-14(20(29)22-12-6-7-12)9-13-17-16(21-10-26(17)3)18(24-19(13)28)23-15-8-11(2)27(4)25-15/h8-10,12H,5-7H2,1-4H3,(H,22,29)(H,23,24,25). The smallest absolute Gasteiger partial charge is 0.268 e. The molecule has 4 heterocycles. The van der Waals surface area contributed by atoms with Crippen LogP contribution in [0.15, 0.2) is 18.5 Å². The van der Waals surface area contributed by atoms with Gasteiger partial charge < -0.3 is 19.8 Å². The third-order valence-corrected chi connectivity index (χ3v) is 5.52. The number of hydrogen-bond donors (Lipinski definition) is 2. The van der Waals surface area contributed by atoms with Crippen molar-refractivity contribution in [2.75, 3.05) is 5.32 Å². The van der Waals surface area contributed by atoms with Gasteiger partial charge in [-0.2, -0.15) is 5.10 Å². The number of hydrogen-bond acceptors (Lipinski definition) is 5. The summed E-state index contributed by atoms with van der Waals surface area (Å²) < 4.78 is 5.75. The molecule has 9 heteroatoms. The van der Waals surface area contributed by atoms with Gasteiger partial charge >= 0.3 is 0 Å². The molecule has 5 rings (SSSR count). The molecule has 0 bridgehead atoms. The van der Waals surface area contributed by atoms with Gasteiger partial charge in [-0.05, 0) is 32.8 Å². The van der Waals surface area contributed by atoms with E-state index in [1.165, 1.54) is 0 Å². The van der Waals surface area contributed by atoms with Crippen molar-refractivity contribution in [3.63, 3.8) is 0 Å². The number of nitrogens with one attached hydrogen (secondary N) is 2. The maximum absolute atomic E-state index is 12.8. The minimum Gasteiger partial charge on any atom is -0.348 e. The van der Waals surface area contributed by atoms with Gasteiger partial charge in [0, 0.05) is 43.8 Å². The summed E-state index contributed by atoms with van der Waals surface area (Å²) >= 11 is 0. The average molecular weight is 392 g/mol. The molecule has 1 aliphatic rings. The lowest BCUT2D eigenvalue weighted by atomic mass is 10.2. The topological polar surface area (TPSA) is 94.6 Å². The first-order valence-electron chi connectivity index (χ1n) is 9.89. The highest BCUT2D eigenvalue weighted by atomic mass is 16.2. The van der Waals surface area contributed by atoms with E-state index in [1.807, 2.05) is 53.9 Å². The zero-order valence-corrected chi connectivity index (χ0v) is 17.0. The summed E-state index contributed by atoms with van der Waals surface area (Å²) in [5.41, 5.74) is 4.14. The van der Waals surface area contributed by atoms with Crippen LogP contribution in [0.25, 0.3) is 22.1 Å². The number of rotatable bonds is 5. The fourth-order valence-corrected chi connectivity index (χ4v) is 3.74. The van der Waals surface area contributed by atoms with E-state index in [4.69, 9.17) is 4.98 Å². The zero-order chi connectivity index (χ0) is 20.3. The van der Waals surface area contributed by atoms with Gasteiger partial charge in [-0.15, -0.1) is 0 Å². The Labute approximate surface area is 167 Å². The number of imidazole rings is 1. The van der Waals surface area contributed by atoms with E-state index in [2.05, 4.69) is 20.7 Å². The van der Waals surface area contributed by atoms with Gasteiger partial charge in [0.2, 0.25) is 0 Å². The molecular weight excluding hydrogens is 368 g/mol. The first-order valence-corrected chi connectivity index (χ1v) is 9.89. The molecule has 9 nitrogen and oxygen atoms in total. The number of fused-ring (bicyclic) bond motifs is 3. The number of carbonyl (C=O) groups excluding carboxylic acids is 1. The highest BCUT2D eigenvalue weighted by Gasteiger charge is 2.27. The summed E-state index contributed by atoms with van der Waals surface area (Å²) in [5.74, 6) is 1.30. The number of carbonyl (C=O) groups is 1. The Morgan fingerprint density at radius 1 is 1.28 bits per heavy atom. The third-order valence-electron chi connectivity index (χ3n) is 5.52. The summed E-state index contributed by atoms with van der Waals surface area (Å²) in [4.78, 5) is 22.2. The maximum Gasteiger partial charge on any atom is 0.268 e. The monoisotopic (exact) mass is 392 g/mol. The van der Waals surface area contributed by atoms with E-state index >= 15 is 0 Å². The molecule has 29 heavy (non-hydrogen) atoms. The molecule has 2 N–H and O–H groups in total. The van der Waals surface area contributed by atoms with Gasteiger partial charge in [-0.1, -0.05) is 0 Å². The molecule has 1 amide bonds. The summed E-state index contributed by atoms with van der Waals surface area (Å²) in [6.07, 6.45) is 3.88. The van der Waals surface area contributed by atoms with E-state index < -0.39 is 0 Å². The summed E-state index contributed by atoms with van der Waals surface area (Å²) in [6.45, 7) is 4.67. The minimum absolute atomic E-state index is 0.0440. The molecule has 1 aliphatic carbocycles. The van der Waals surface area contributed by atoms with Crippen LogP contribution >= 0.6 is 0 Å². The Morgan fingerprint density at radius 2 is 2.07 bits per heavy atom. The molecule has 4 aromatic heterocycles. The lowest BCUT2D eigenvalue weighted by molar-refractivity contribution is 0.0942. The SMILES string of the molecule is CCn1c(C(=O)NC2CC2)cc2c3c(ncn3C)c(Nc3cc(C)n(C)n3)nc21. The van der Waals surface area contributed by atoms with Crippen molar-refractivity contribution in [3.05, 3.63) is 29.8 Å². The van der Waals surface area contributed by atoms with Crippen LogP contribution in [0.1, 0.15) is 35.9 Å². The van der Waals surface area contributed by atoms with Crippen LogP contribution < -0.4 is 10.6 Å². The van der Waals surface area contributed by atoms with Crippen LogP contribution in [0.5, 0.6) is 0 Å². The number of pyridine rings is 1. The second-order valence-electron chi connectivity index (χ2n) is 7.69. The van der Waals surface area contributed by atoms with Crippen molar-refractivity contribution >= 4 is 39.6 Å². The summed E-state index contributed by atoms with van der Waals surface area (Å²) in [7, 11) is 3.86. The third kappa shape index (κ3) is 2.84. The van der Waals surface area contributed by atoms with Crippen molar-refractivity contribution in [2.24, 2.45) is 14.1 Å². The van der Waals surface area contributed by atoms with Gasteiger partial charge in [-0.25, -0.2) is 9.97 Å². The summed E-state index contributed by atoms with van der Waals surface area (Å²) in [6, 6.07) is 4.20. The Bertz CT molecular complexity index is 1240. The van der Waals surface area contributed by atoms with Gasteiger partial charge in [-0.3, -0.25) is 9.48 Å². The van der Waals surface area contributed by atoms with Crippen LogP contribution in [0.2, 0.25) is 0 Å². The molecule has 0 unspecified atom stereocenters. The van der Waals surface area contributed by atoms with Crippen molar-refractivity contribution < 1.29 is 4.79 Å². The Morgan fingerprint density at radius 3 is 2.72 bits per heavy atom. The van der Waals surface area contributed by atoms with Crippen LogP contribution in [0.3, 0.4) is 0 Å². The van der Waals surface area contributed by atoms with Crippen molar-refractivity contribution in [2.45, 2.75) is 39.3 Å². The number of nitrogens with zero attached hydrogens (tertiary/aromatic N) is 6. The van der Waals surface area contributed by atoms with Crippen LogP contribution in [-0.2, 0) is 20.6 Å². The fourth-order valence-electron chi connectivity index (χ4n) is 3.74. The van der Waals surface area contributed by atoms with E-state index in [-0.39, 0.29) is 5.91 Å². The average Bonchev–Trinajstić information content (AvgIpc) is 3.16. The molecular formula is C20H24N8O. The summed E-state index contributed by atoms with van der Waals surface area (Å²) in [5, 5.41) is 11.8. The Hall–Kier alpha value is -3.36. The number of aryl methyl sites for hydroxylation is 4. The largest absolute Gasteiger partial charge is 0.348 e. The highest BCUT2D eigenvalue weighted by molar-refractivity contribution is 6.10. The van der Waals surface area contributed by atoms with Crippen LogP contribution in [0.4, 0.5) is 11.6 Å². The Kier molecular flexibility index (Phi) is 3.87. The van der Waals surface area contributed by atoms with Crippen molar-refractivity contribution in [3.8, 4) is 0 Å². The number of amides is 1. The molecule has 0 spiro atoms. The molecule has 4 aromatic rings. The van der Waals surface area contributed by atoms with E-state index in [0.717, 1.165) is 40.6 Å². The second-order valence-corrected chi connectivity index (χ2v) is 7.69. The molecule has 0 radical (unpaired) electrons. The molecule has 150 valence electrons. The molecule has 1 fully saturated rings. The predicted octanol–water partition coefficient (Wildman–Crippen LogP) is 2.62. The second kappa shape index (κ2) is 6.33. The van der Waals surface area contributed by atoms with E-state index in [1.54, 1.807) is 6.33 Å². The van der Waals surface area contributed by atoms with Gasteiger partial charge in [0.15, 0.2) is 11.6 Å². The lowest BCUT2D eigenvalue weighted by Gasteiger charge is -2.09. The first-order chi connectivity index (χ1) is 14.0. The van der Waals surface area contributed by atoms with E-state index in [9.17, 15) is 4.79 Å².